The summed E-state index contributed by atoms with van der Waals surface area (Å²) in [5, 5.41) is 17.9. The summed E-state index contributed by atoms with van der Waals surface area (Å²) < 4.78 is 0. The van der Waals surface area contributed by atoms with E-state index in [1.54, 1.807) is 12.1 Å². The Kier molecular flexibility index (Phi) is 5.99. The van der Waals surface area contributed by atoms with E-state index < -0.39 is 6.10 Å². The van der Waals surface area contributed by atoms with Crippen LogP contribution in [0.3, 0.4) is 0 Å². The maximum absolute atomic E-state index is 11.5. The first kappa shape index (κ1) is 14.0. The monoisotopic (exact) mass is 256 g/mol. The summed E-state index contributed by atoms with van der Waals surface area (Å²) in [6, 6.07) is 7.14. The molecule has 1 unspecified atom stereocenters. The Balaban J connectivity index is 2.61. The van der Waals surface area contributed by atoms with Gasteiger partial charge in [0.2, 0.25) is 0 Å². The van der Waals surface area contributed by atoms with Crippen molar-refractivity contribution in [2.24, 2.45) is 5.84 Å². The number of carbonyl (C=O) groups excluding carboxylic acids is 1. The fraction of sp³-hybridized carbons (Fsp3) is 0.364. The molecule has 5 N–H and O–H groups in total. The Morgan fingerprint density at radius 1 is 1.47 bits per heavy atom. The van der Waals surface area contributed by atoms with E-state index in [4.69, 9.17) is 10.9 Å². The molecule has 0 fully saturated rings. The second-order valence-electron chi connectivity index (χ2n) is 3.48. The second-order valence-corrected chi connectivity index (χ2v) is 4.51. The van der Waals surface area contributed by atoms with Crippen molar-refractivity contribution < 1.29 is 15.0 Å². The number of amides is 1. The molecule has 1 aromatic carbocycles. The molecule has 0 aliphatic rings. The first-order valence-electron chi connectivity index (χ1n) is 5.14. The lowest BCUT2D eigenvalue weighted by atomic mass is 10.1. The van der Waals surface area contributed by atoms with Crippen LogP contribution in [0.1, 0.15) is 15.9 Å². The van der Waals surface area contributed by atoms with Gasteiger partial charge in [-0.2, -0.15) is 11.8 Å². The molecular formula is C11H16N2O3S. The Bertz CT molecular complexity index is 373. The Labute approximate surface area is 104 Å². The number of nitrogens with one attached hydrogen (secondary N) is 1. The molecule has 0 heterocycles. The van der Waals surface area contributed by atoms with Crippen molar-refractivity contribution in [1.82, 2.24) is 5.43 Å². The van der Waals surface area contributed by atoms with E-state index in [-0.39, 0.29) is 12.5 Å². The van der Waals surface area contributed by atoms with E-state index in [9.17, 15) is 9.90 Å². The number of rotatable bonds is 6. The van der Waals surface area contributed by atoms with Crippen LogP contribution in [0.15, 0.2) is 24.3 Å². The molecule has 94 valence electrons. The van der Waals surface area contributed by atoms with Gasteiger partial charge < -0.3 is 10.2 Å². The topological polar surface area (TPSA) is 95.6 Å². The molecule has 0 bridgehead atoms. The van der Waals surface area contributed by atoms with Crippen LogP contribution < -0.4 is 11.3 Å². The third-order valence-electron chi connectivity index (χ3n) is 2.17. The predicted molar refractivity (Wildman–Crippen MR) is 67.4 cm³/mol. The van der Waals surface area contributed by atoms with Crippen LogP contribution in [-0.2, 0) is 5.75 Å². The number of thioether (sulfide) groups is 1. The van der Waals surface area contributed by atoms with E-state index in [2.05, 4.69) is 5.43 Å². The molecule has 6 heteroatoms. The van der Waals surface area contributed by atoms with Crippen LogP contribution in [0.5, 0.6) is 0 Å². The Hall–Kier alpha value is -1.08. The van der Waals surface area contributed by atoms with E-state index in [1.807, 2.05) is 12.1 Å². The molecule has 0 saturated heterocycles. The summed E-state index contributed by atoms with van der Waals surface area (Å²) in [6.07, 6.45) is -0.726. The van der Waals surface area contributed by atoms with Crippen molar-refractivity contribution in [3.63, 3.8) is 0 Å². The number of hydrogen-bond acceptors (Lipinski definition) is 5. The summed E-state index contributed by atoms with van der Waals surface area (Å²) >= 11 is 1.45. The molecule has 1 rings (SSSR count). The largest absolute Gasteiger partial charge is 0.394 e. The summed E-state index contributed by atoms with van der Waals surface area (Å²) in [4.78, 5) is 11.5. The van der Waals surface area contributed by atoms with Crippen molar-refractivity contribution in [3.8, 4) is 0 Å². The zero-order chi connectivity index (χ0) is 12.7. The van der Waals surface area contributed by atoms with Gasteiger partial charge in [0.05, 0.1) is 12.7 Å². The van der Waals surface area contributed by atoms with Crippen LogP contribution in [0.2, 0.25) is 0 Å². The highest BCUT2D eigenvalue weighted by Gasteiger charge is 2.10. The molecule has 0 radical (unpaired) electrons. The third-order valence-corrected chi connectivity index (χ3v) is 3.31. The minimum Gasteiger partial charge on any atom is -0.394 e. The van der Waals surface area contributed by atoms with Crippen LogP contribution in [0.25, 0.3) is 0 Å². The number of benzene rings is 1. The van der Waals surface area contributed by atoms with Gasteiger partial charge in [0.15, 0.2) is 0 Å². The normalized spacial score (nSPS) is 12.2. The summed E-state index contributed by atoms with van der Waals surface area (Å²) in [5.74, 6) is 5.77. The number of aliphatic hydroxyl groups excluding tert-OH is 2. The van der Waals surface area contributed by atoms with E-state index in [0.29, 0.717) is 17.1 Å². The number of nitrogens with two attached hydrogens (primary N) is 1. The third kappa shape index (κ3) is 4.35. The van der Waals surface area contributed by atoms with Crippen LogP contribution in [0.4, 0.5) is 0 Å². The summed E-state index contributed by atoms with van der Waals surface area (Å²) in [6.45, 7) is -0.252. The first-order chi connectivity index (χ1) is 8.19. The minimum absolute atomic E-state index is 0.252. The zero-order valence-electron chi connectivity index (χ0n) is 9.30. The standard InChI is InChI=1S/C11H16N2O3S/c12-13-11(16)10-4-2-1-3-8(10)6-17-7-9(15)5-14/h1-4,9,14-15H,5-7,12H2,(H,13,16). The number of aliphatic hydroxyl groups is 2. The van der Waals surface area contributed by atoms with Crippen molar-refractivity contribution in [1.29, 1.82) is 0 Å². The van der Waals surface area contributed by atoms with Gasteiger partial charge in [0, 0.05) is 17.1 Å². The predicted octanol–water partition coefficient (Wildman–Crippen LogP) is -0.124. The number of hydrazine groups is 1. The van der Waals surface area contributed by atoms with Gasteiger partial charge in [-0.15, -0.1) is 0 Å². The van der Waals surface area contributed by atoms with Crippen molar-refractivity contribution >= 4 is 17.7 Å². The number of nitrogen functional groups attached to an aromatic ring is 1. The molecule has 0 saturated carbocycles. The van der Waals surface area contributed by atoms with Crippen molar-refractivity contribution in [2.75, 3.05) is 12.4 Å². The molecule has 1 aromatic rings. The average molecular weight is 256 g/mol. The van der Waals surface area contributed by atoms with Crippen molar-refractivity contribution in [2.45, 2.75) is 11.9 Å². The molecule has 0 aromatic heterocycles. The van der Waals surface area contributed by atoms with E-state index in [0.717, 1.165) is 5.56 Å². The summed E-state index contributed by atoms with van der Waals surface area (Å²) in [5.41, 5.74) is 3.48. The average Bonchev–Trinajstić information content (AvgIpc) is 2.38. The smallest absolute Gasteiger partial charge is 0.265 e. The Morgan fingerprint density at radius 2 is 2.18 bits per heavy atom. The lowest BCUT2D eigenvalue weighted by Crippen LogP contribution is -2.30. The van der Waals surface area contributed by atoms with Crippen LogP contribution >= 0.6 is 11.8 Å². The lowest BCUT2D eigenvalue weighted by Gasteiger charge is -2.09. The minimum atomic E-state index is -0.726. The zero-order valence-corrected chi connectivity index (χ0v) is 10.1. The highest BCUT2D eigenvalue weighted by atomic mass is 32.2. The van der Waals surface area contributed by atoms with E-state index in [1.165, 1.54) is 11.8 Å². The molecule has 0 aliphatic heterocycles. The van der Waals surface area contributed by atoms with Gasteiger partial charge >= 0.3 is 0 Å². The number of carbonyl (C=O) groups is 1. The number of hydrogen-bond donors (Lipinski definition) is 4. The van der Waals surface area contributed by atoms with Gasteiger partial charge in [-0.1, -0.05) is 18.2 Å². The molecular weight excluding hydrogens is 240 g/mol. The van der Waals surface area contributed by atoms with Gasteiger partial charge in [-0.05, 0) is 11.6 Å². The van der Waals surface area contributed by atoms with Crippen LogP contribution in [-0.4, -0.2) is 34.6 Å². The summed E-state index contributed by atoms with van der Waals surface area (Å²) in [7, 11) is 0. The van der Waals surface area contributed by atoms with Gasteiger partial charge in [-0.25, -0.2) is 5.84 Å². The SMILES string of the molecule is NNC(=O)c1ccccc1CSCC(O)CO. The first-order valence-corrected chi connectivity index (χ1v) is 6.30. The molecule has 5 nitrogen and oxygen atoms in total. The van der Waals surface area contributed by atoms with Gasteiger partial charge in [0.25, 0.3) is 5.91 Å². The molecule has 0 spiro atoms. The molecule has 1 atom stereocenters. The Morgan fingerprint density at radius 3 is 2.82 bits per heavy atom. The maximum atomic E-state index is 11.5. The quantitative estimate of drug-likeness (QED) is 0.323. The molecule has 17 heavy (non-hydrogen) atoms. The van der Waals surface area contributed by atoms with Crippen LogP contribution in [0, 0.1) is 0 Å². The molecule has 0 aliphatic carbocycles. The fourth-order valence-electron chi connectivity index (χ4n) is 1.30. The fourth-order valence-corrected chi connectivity index (χ4v) is 2.27. The highest BCUT2D eigenvalue weighted by molar-refractivity contribution is 7.98. The second kappa shape index (κ2) is 7.29. The van der Waals surface area contributed by atoms with Gasteiger partial charge in [-0.3, -0.25) is 10.2 Å². The lowest BCUT2D eigenvalue weighted by molar-refractivity contribution is 0.0953. The van der Waals surface area contributed by atoms with Gasteiger partial charge in [0.1, 0.15) is 0 Å². The van der Waals surface area contributed by atoms with Crippen molar-refractivity contribution in [3.05, 3.63) is 35.4 Å². The van der Waals surface area contributed by atoms with E-state index >= 15 is 0 Å². The highest BCUT2D eigenvalue weighted by Crippen LogP contribution is 2.17. The molecule has 1 amide bonds. The maximum Gasteiger partial charge on any atom is 0.265 e.